The second-order valence-corrected chi connectivity index (χ2v) is 6.75. The number of carbonyl (C=O) groups excluding carboxylic acids is 1. The number of hydrogen-bond donors (Lipinski definition) is 1. The number of benzene rings is 1. The first-order valence-electron chi connectivity index (χ1n) is 8.29. The number of likely N-dealkylation sites (tertiary alicyclic amines) is 1. The van der Waals surface area contributed by atoms with Gasteiger partial charge in [-0.2, -0.15) is 0 Å². The number of aromatic nitrogens is 1. The number of methoxy groups -OCH3 is 1. The first-order valence-corrected chi connectivity index (χ1v) is 9.17. The zero-order chi connectivity index (χ0) is 16.8. The molecule has 1 aromatic carbocycles. The number of ether oxygens (including phenoxy) is 1. The van der Waals surface area contributed by atoms with E-state index in [1.807, 2.05) is 28.5 Å². The number of nitrogens with one attached hydrogen (secondary N) is 1. The van der Waals surface area contributed by atoms with Gasteiger partial charge in [0, 0.05) is 25.6 Å². The number of hydrogen-bond acceptors (Lipinski definition) is 5. The van der Waals surface area contributed by atoms with Gasteiger partial charge in [-0.25, -0.2) is 4.98 Å². The van der Waals surface area contributed by atoms with Gasteiger partial charge >= 0.3 is 0 Å². The SMILES string of the molecule is COCCNc1nc(CC(=O)N2CCCC2c2ccccc2)cs1. The highest BCUT2D eigenvalue weighted by Gasteiger charge is 2.29. The minimum atomic E-state index is 0.162. The van der Waals surface area contributed by atoms with Crippen LogP contribution >= 0.6 is 11.3 Å². The molecule has 6 heteroatoms. The number of nitrogens with zero attached hydrogens (tertiary/aromatic N) is 2. The molecule has 128 valence electrons. The van der Waals surface area contributed by atoms with E-state index in [0.29, 0.717) is 13.0 Å². The fourth-order valence-electron chi connectivity index (χ4n) is 3.07. The number of thiazole rings is 1. The molecule has 1 saturated heterocycles. The van der Waals surface area contributed by atoms with Crippen LogP contribution in [0, 0.1) is 0 Å². The third-order valence-electron chi connectivity index (χ3n) is 4.22. The van der Waals surface area contributed by atoms with E-state index in [4.69, 9.17) is 4.74 Å². The molecule has 2 aromatic rings. The van der Waals surface area contributed by atoms with Gasteiger partial charge in [-0.3, -0.25) is 4.79 Å². The fraction of sp³-hybridized carbons (Fsp3) is 0.444. The van der Waals surface area contributed by atoms with Crippen molar-refractivity contribution in [2.45, 2.75) is 25.3 Å². The Hall–Kier alpha value is -1.92. The smallest absolute Gasteiger partial charge is 0.229 e. The quantitative estimate of drug-likeness (QED) is 0.784. The number of carbonyl (C=O) groups is 1. The molecule has 0 bridgehead atoms. The molecule has 2 heterocycles. The average molecular weight is 345 g/mol. The Labute approximate surface area is 146 Å². The summed E-state index contributed by atoms with van der Waals surface area (Å²) in [6, 6.07) is 10.5. The van der Waals surface area contributed by atoms with Crippen molar-refractivity contribution in [1.82, 2.24) is 9.88 Å². The lowest BCUT2D eigenvalue weighted by Gasteiger charge is -2.25. The van der Waals surface area contributed by atoms with Gasteiger partial charge < -0.3 is 15.0 Å². The van der Waals surface area contributed by atoms with Gasteiger partial charge in [0.1, 0.15) is 0 Å². The Bertz CT molecular complexity index is 659. The summed E-state index contributed by atoms with van der Waals surface area (Å²) in [6.07, 6.45) is 2.47. The third-order valence-corrected chi connectivity index (χ3v) is 5.07. The highest BCUT2D eigenvalue weighted by atomic mass is 32.1. The number of rotatable bonds is 7. The summed E-state index contributed by atoms with van der Waals surface area (Å²) >= 11 is 1.53. The summed E-state index contributed by atoms with van der Waals surface area (Å²) < 4.78 is 5.01. The summed E-state index contributed by atoms with van der Waals surface area (Å²) in [7, 11) is 1.67. The van der Waals surface area contributed by atoms with Crippen molar-refractivity contribution < 1.29 is 9.53 Å². The van der Waals surface area contributed by atoms with Crippen molar-refractivity contribution in [2.75, 3.05) is 32.1 Å². The van der Waals surface area contributed by atoms with Crippen molar-refractivity contribution in [2.24, 2.45) is 0 Å². The first kappa shape index (κ1) is 16.9. The van der Waals surface area contributed by atoms with Gasteiger partial charge in [-0.05, 0) is 18.4 Å². The maximum absolute atomic E-state index is 12.7. The minimum Gasteiger partial charge on any atom is -0.383 e. The predicted molar refractivity (Wildman–Crippen MR) is 96.3 cm³/mol. The zero-order valence-electron chi connectivity index (χ0n) is 13.9. The van der Waals surface area contributed by atoms with Gasteiger partial charge in [-0.15, -0.1) is 11.3 Å². The molecule has 0 saturated carbocycles. The molecule has 1 unspecified atom stereocenters. The van der Waals surface area contributed by atoms with Crippen molar-refractivity contribution in [3.63, 3.8) is 0 Å². The maximum atomic E-state index is 12.7. The van der Waals surface area contributed by atoms with Crippen LogP contribution in [0.15, 0.2) is 35.7 Å². The molecule has 5 nitrogen and oxygen atoms in total. The van der Waals surface area contributed by atoms with E-state index in [1.165, 1.54) is 16.9 Å². The summed E-state index contributed by atoms with van der Waals surface area (Å²) in [4.78, 5) is 19.2. The molecule has 1 aliphatic heterocycles. The van der Waals surface area contributed by atoms with Gasteiger partial charge in [-0.1, -0.05) is 30.3 Å². The van der Waals surface area contributed by atoms with Crippen LogP contribution in [0.5, 0.6) is 0 Å². The Morgan fingerprint density at radius 2 is 2.25 bits per heavy atom. The van der Waals surface area contributed by atoms with Crippen LogP contribution in [0.4, 0.5) is 5.13 Å². The molecule has 0 radical (unpaired) electrons. The normalized spacial score (nSPS) is 17.2. The van der Waals surface area contributed by atoms with Crippen molar-refractivity contribution in [3.8, 4) is 0 Å². The van der Waals surface area contributed by atoms with Crippen molar-refractivity contribution >= 4 is 22.4 Å². The number of anilines is 1. The monoisotopic (exact) mass is 345 g/mol. The molecule has 1 amide bonds. The Kier molecular flexibility index (Phi) is 5.82. The second kappa shape index (κ2) is 8.26. The van der Waals surface area contributed by atoms with Gasteiger partial charge in [0.25, 0.3) is 0 Å². The molecule has 1 aliphatic rings. The van der Waals surface area contributed by atoms with Gasteiger partial charge in [0.15, 0.2) is 5.13 Å². The Morgan fingerprint density at radius 3 is 3.04 bits per heavy atom. The molecule has 1 fully saturated rings. The lowest BCUT2D eigenvalue weighted by molar-refractivity contribution is -0.131. The summed E-state index contributed by atoms with van der Waals surface area (Å²) in [6.45, 7) is 2.20. The molecule has 0 aliphatic carbocycles. The summed E-state index contributed by atoms with van der Waals surface area (Å²) in [5.74, 6) is 0.162. The van der Waals surface area contributed by atoms with Gasteiger partial charge in [0.05, 0.1) is 24.8 Å². The average Bonchev–Trinajstić information content (AvgIpc) is 3.25. The van der Waals surface area contributed by atoms with Crippen LogP contribution in [0.3, 0.4) is 0 Å². The third kappa shape index (κ3) is 4.13. The van der Waals surface area contributed by atoms with E-state index in [1.54, 1.807) is 7.11 Å². The molecular weight excluding hydrogens is 322 g/mol. The van der Waals surface area contributed by atoms with Gasteiger partial charge in [0.2, 0.25) is 5.91 Å². The molecular formula is C18H23N3O2S. The molecule has 1 aromatic heterocycles. The largest absolute Gasteiger partial charge is 0.383 e. The number of amides is 1. The first-order chi connectivity index (χ1) is 11.8. The molecule has 24 heavy (non-hydrogen) atoms. The summed E-state index contributed by atoms with van der Waals surface area (Å²) in [5, 5.41) is 6.00. The van der Waals surface area contributed by atoms with Crippen molar-refractivity contribution in [3.05, 3.63) is 47.0 Å². The molecule has 0 spiro atoms. The minimum absolute atomic E-state index is 0.162. The molecule has 1 N–H and O–H groups in total. The van der Waals surface area contributed by atoms with E-state index < -0.39 is 0 Å². The Balaban J connectivity index is 1.60. The Morgan fingerprint density at radius 1 is 1.42 bits per heavy atom. The topological polar surface area (TPSA) is 54.5 Å². The van der Waals surface area contributed by atoms with E-state index in [2.05, 4.69) is 22.4 Å². The molecule has 3 rings (SSSR count). The van der Waals surface area contributed by atoms with Crippen molar-refractivity contribution in [1.29, 1.82) is 0 Å². The highest BCUT2D eigenvalue weighted by Crippen LogP contribution is 2.32. The van der Waals surface area contributed by atoms with Crippen LogP contribution in [-0.2, 0) is 16.0 Å². The van der Waals surface area contributed by atoms with Crippen LogP contribution in [0.2, 0.25) is 0 Å². The van der Waals surface area contributed by atoms with E-state index in [0.717, 1.165) is 36.8 Å². The lowest BCUT2D eigenvalue weighted by atomic mass is 10.0. The highest BCUT2D eigenvalue weighted by molar-refractivity contribution is 7.13. The maximum Gasteiger partial charge on any atom is 0.229 e. The van der Waals surface area contributed by atoms with E-state index >= 15 is 0 Å². The lowest BCUT2D eigenvalue weighted by Crippen LogP contribution is -2.31. The van der Waals surface area contributed by atoms with E-state index in [-0.39, 0.29) is 11.9 Å². The van der Waals surface area contributed by atoms with Crippen LogP contribution in [-0.4, -0.2) is 42.6 Å². The standard InChI is InChI=1S/C18H23N3O2S/c1-23-11-9-19-18-20-15(13-24-18)12-17(22)21-10-5-8-16(21)14-6-3-2-4-7-14/h2-4,6-7,13,16H,5,8-12H2,1H3,(H,19,20). The molecule has 1 atom stereocenters. The summed E-state index contributed by atoms with van der Waals surface area (Å²) in [5.41, 5.74) is 2.06. The van der Waals surface area contributed by atoms with Crippen LogP contribution in [0.1, 0.15) is 30.1 Å². The van der Waals surface area contributed by atoms with Crippen LogP contribution in [0.25, 0.3) is 0 Å². The predicted octanol–water partition coefficient (Wildman–Crippen LogP) is 3.11. The van der Waals surface area contributed by atoms with E-state index in [9.17, 15) is 4.79 Å². The van der Waals surface area contributed by atoms with Crippen LogP contribution < -0.4 is 5.32 Å². The zero-order valence-corrected chi connectivity index (χ0v) is 14.7. The fourth-order valence-corrected chi connectivity index (χ4v) is 3.81. The second-order valence-electron chi connectivity index (χ2n) is 5.90.